The Labute approximate surface area is 102 Å². The molecule has 17 heavy (non-hydrogen) atoms. The van der Waals surface area contributed by atoms with Crippen LogP contribution in [0.15, 0.2) is 29.2 Å². The first-order chi connectivity index (χ1) is 8.09. The quantitative estimate of drug-likeness (QED) is 0.843. The molecule has 1 heterocycles. The molecular weight excluding hydrogens is 236 g/mol. The maximum atomic E-state index is 12.1. The van der Waals surface area contributed by atoms with Gasteiger partial charge < -0.3 is 5.32 Å². The largest absolute Gasteiger partial charge is 0.313 e. The first-order valence-electron chi connectivity index (χ1n) is 5.88. The molecule has 2 N–H and O–H groups in total. The Morgan fingerprint density at radius 2 is 2.18 bits per heavy atom. The SMILES string of the molecule is Cc1ccccc1S(=O)(=O)NCC1CCCN1. The third kappa shape index (κ3) is 3.06. The zero-order chi connectivity index (χ0) is 12.3. The zero-order valence-electron chi connectivity index (χ0n) is 9.94. The number of hydrogen-bond donors (Lipinski definition) is 2. The van der Waals surface area contributed by atoms with E-state index < -0.39 is 10.0 Å². The van der Waals surface area contributed by atoms with Crippen molar-refractivity contribution < 1.29 is 8.42 Å². The molecule has 1 aromatic carbocycles. The topological polar surface area (TPSA) is 58.2 Å². The van der Waals surface area contributed by atoms with E-state index in [1.165, 1.54) is 0 Å². The zero-order valence-corrected chi connectivity index (χ0v) is 10.8. The Bertz CT molecular complexity index is 479. The van der Waals surface area contributed by atoms with Crippen molar-refractivity contribution in [3.63, 3.8) is 0 Å². The molecular formula is C12H18N2O2S. The summed E-state index contributed by atoms with van der Waals surface area (Å²) in [6.45, 7) is 3.26. The van der Waals surface area contributed by atoms with Crippen LogP contribution in [-0.4, -0.2) is 27.5 Å². The highest BCUT2D eigenvalue weighted by Crippen LogP contribution is 2.14. The molecule has 1 aliphatic rings. The van der Waals surface area contributed by atoms with Crippen molar-refractivity contribution >= 4 is 10.0 Å². The Hall–Kier alpha value is -0.910. The molecule has 2 rings (SSSR count). The lowest BCUT2D eigenvalue weighted by Gasteiger charge is -2.13. The van der Waals surface area contributed by atoms with E-state index in [0.717, 1.165) is 24.9 Å². The average Bonchev–Trinajstić information content (AvgIpc) is 2.80. The Kier molecular flexibility index (Phi) is 3.81. The molecule has 1 aromatic rings. The predicted octanol–water partition coefficient (Wildman–Crippen LogP) is 1.03. The number of aryl methyl sites for hydroxylation is 1. The van der Waals surface area contributed by atoms with Gasteiger partial charge in [0.25, 0.3) is 0 Å². The van der Waals surface area contributed by atoms with Crippen LogP contribution in [0.2, 0.25) is 0 Å². The van der Waals surface area contributed by atoms with E-state index in [4.69, 9.17) is 0 Å². The maximum absolute atomic E-state index is 12.1. The lowest BCUT2D eigenvalue weighted by Crippen LogP contribution is -2.37. The van der Waals surface area contributed by atoms with Gasteiger partial charge in [-0.05, 0) is 37.9 Å². The molecule has 5 heteroatoms. The minimum absolute atomic E-state index is 0.272. The van der Waals surface area contributed by atoms with Gasteiger partial charge in [-0.3, -0.25) is 0 Å². The van der Waals surface area contributed by atoms with Crippen molar-refractivity contribution in [1.29, 1.82) is 0 Å². The predicted molar refractivity (Wildman–Crippen MR) is 67.4 cm³/mol. The van der Waals surface area contributed by atoms with Crippen molar-refractivity contribution in [3.05, 3.63) is 29.8 Å². The maximum Gasteiger partial charge on any atom is 0.240 e. The van der Waals surface area contributed by atoms with Gasteiger partial charge in [0, 0.05) is 12.6 Å². The van der Waals surface area contributed by atoms with E-state index in [1.807, 2.05) is 19.1 Å². The lowest BCUT2D eigenvalue weighted by molar-refractivity contribution is 0.551. The minimum atomic E-state index is -3.37. The van der Waals surface area contributed by atoms with Gasteiger partial charge in [-0.2, -0.15) is 0 Å². The highest BCUT2D eigenvalue weighted by molar-refractivity contribution is 7.89. The number of nitrogens with one attached hydrogen (secondary N) is 2. The molecule has 94 valence electrons. The summed E-state index contributed by atoms with van der Waals surface area (Å²) in [6.07, 6.45) is 2.16. The second-order valence-corrected chi connectivity index (χ2v) is 6.15. The van der Waals surface area contributed by atoms with Crippen LogP contribution in [0.25, 0.3) is 0 Å². The fourth-order valence-electron chi connectivity index (χ4n) is 2.08. The normalized spacial score (nSPS) is 20.6. The summed E-state index contributed by atoms with van der Waals surface area (Å²) in [5.41, 5.74) is 0.777. The van der Waals surface area contributed by atoms with E-state index in [-0.39, 0.29) is 6.04 Å². The molecule has 0 bridgehead atoms. The van der Waals surface area contributed by atoms with Crippen molar-refractivity contribution in [2.75, 3.05) is 13.1 Å². The van der Waals surface area contributed by atoms with Gasteiger partial charge >= 0.3 is 0 Å². The van der Waals surface area contributed by atoms with Crippen LogP contribution in [0.1, 0.15) is 18.4 Å². The number of rotatable bonds is 4. The van der Waals surface area contributed by atoms with Crippen molar-refractivity contribution in [2.24, 2.45) is 0 Å². The van der Waals surface area contributed by atoms with Gasteiger partial charge in [0.2, 0.25) is 10.0 Å². The van der Waals surface area contributed by atoms with E-state index in [1.54, 1.807) is 12.1 Å². The number of sulfonamides is 1. The van der Waals surface area contributed by atoms with Gasteiger partial charge in [0.1, 0.15) is 0 Å². The Morgan fingerprint density at radius 3 is 2.82 bits per heavy atom. The first kappa shape index (κ1) is 12.5. The van der Waals surface area contributed by atoms with Crippen LogP contribution in [0.4, 0.5) is 0 Å². The molecule has 0 aromatic heterocycles. The van der Waals surface area contributed by atoms with Gasteiger partial charge in [-0.1, -0.05) is 18.2 Å². The fourth-order valence-corrected chi connectivity index (χ4v) is 3.40. The molecule has 0 radical (unpaired) electrons. The third-order valence-electron chi connectivity index (χ3n) is 3.07. The molecule has 0 amide bonds. The summed E-state index contributed by atoms with van der Waals surface area (Å²) in [7, 11) is -3.37. The monoisotopic (exact) mass is 254 g/mol. The molecule has 0 saturated carbocycles. The minimum Gasteiger partial charge on any atom is -0.313 e. The Morgan fingerprint density at radius 1 is 1.41 bits per heavy atom. The van der Waals surface area contributed by atoms with Crippen molar-refractivity contribution in [3.8, 4) is 0 Å². The van der Waals surface area contributed by atoms with Crippen LogP contribution in [-0.2, 0) is 10.0 Å². The Balaban J connectivity index is 2.06. The van der Waals surface area contributed by atoms with E-state index in [0.29, 0.717) is 11.4 Å². The van der Waals surface area contributed by atoms with Gasteiger partial charge in [0.05, 0.1) is 4.90 Å². The number of hydrogen-bond acceptors (Lipinski definition) is 3. The van der Waals surface area contributed by atoms with Crippen LogP contribution >= 0.6 is 0 Å². The van der Waals surface area contributed by atoms with E-state index in [2.05, 4.69) is 10.0 Å². The van der Waals surface area contributed by atoms with Crippen molar-refractivity contribution in [1.82, 2.24) is 10.0 Å². The molecule has 1 atom stereocenters. The standard InChI is InChI=1S/C12H18N2O2S/c1-10-5-2-3-7-12(10)17(15,16)14-9-11-6-4-8-13-11/h2-3,5,7,11,13-14H,4,6,8-9H2,1H3. The average molecular weight is 254 g/mol. The van der Waals surface area contributed by atoms with E-state index in [9.17, 15) is 8.42 Å². The smallest absolute Gasteiger partial charge is 0.240 e. The summed E-state index contributed by atoms with van der Waals surface area (Å²) in [5, 5.41) is 3.27. The summed E-state index contributed by atoms with van der Waals surface area (Å²) < 4.78 is 26.8. The summed E-state index contributed by atoms with van der Waals surface area (Å²) >= 11 is 0. The first-order valence-corrected chi connectivity index (χ1v) is 7.36. The summed E-state index contributed by atoms with van der Waals surface area (Å²) in [5.74, 6) is 0. The highest BCUT2D eigenvalue weighted by Gasteiger charge is 2.20. The molecule has 1 saturated heterocycles. The highest BCUT2D eigenvalue weighted by atomic mass is 32.2. The molecule has 1 unspecified atom stereocenters. The van der Waals surface area contributed by atoms with Gasteiger partial charge in [-0.15, -0.1) is 0 Å². The second kappa shape index (κ2) is 5.16. The summed E-state index contributed by atoms with van der Waals surface area (Å²) in [4.78, 5) is 0.373. The van der Waals surface area contributed by atoms with Crippen LogP contribution < -0.4 is 10.0 Å². The summed E-state index contributed by atoms with van der Waals surface area (Å²) in [6, 6.07) is 7.30. The van der Waals surface area contributed by atoms with Crippen LogP contribution in [0.5, 0.6) is 0 Å². The molecule has 0 spiro atoms. The second-order valence-electron chi connectivity index (χ2n) is 4.41. The van der Waals surface area contributed by atoms with Crippen molar-refractivity contribution in [2.45, 2.75) is 30.7 Å². The number of benzene rings is 1. The molecule has 1 fully saturated rings. The fraction of sp³-hybridized carbons (Fsp3) is 0.500. The van der Waals surface area contributed by atoms with Crippen LogP contribution in [0, 0.1) is 6.92 Å². The third-order valence-corrected chi connectivity index (χ3v) is 4.65. The molecule has 0 aliphatic carbocycles. The lowest BCUT2D eigenvalue weighted by atomic mass is 10.2. The van der Waals surface area contributed by atoms with Gasteiger partial charge in [-0.25, -0.2) is 13.1 Å². The molecule has 1 aliphatic heterocycles. The molecule has 4 nitrogen and oxygen atoms in total. The van der Waals surface area contributed by atoms with Crippen LogP contribution in [0.3, 0.4) is 0 Å². The van der Waals surface area contributed by atoms with Gasteiger partial charge in [0.15, 0.2) is 0 Å². The van der Waals surface area contributed by atoms with E-state index >= 15 is 0 Å².